The molecular formula is C12H26N2O2. The highest BCUT2D eigenvalue weighted by Crippen LogP contribution is 2.08. The van der Waals surface area contributed by atoms with Gasteiger partial charge in [0.25, 0.3) is 0 Å². The third kappa shape index (κ3) is 4.78. The Labute approximate surface area is 99.3 Å². The second kappa shape index (κ2) is 7.22. The number of nitrogens with zero attached hydrogens (tertiary/aromatic N) is 1. The Balaban J connectivity index is 2.24. The number of hydrogen-bond acceptors (Lipinski definition) is 4. The predicted molar refractivity (Wildman–Crippen MR) is 65.8 cm³/mol. The molecule has 0 aromatic rings. The highest BCUT2D eigenvalue weighted by atomic mass is 16.5. The molecule has 4 heteroatoms. The van der Waals surface area contributed by atoms with Crippen molar-refractivity contribution in [1.82, 2.24) is 10.2 Å². The summed E-state index contributed by atoms with van der Waals surface area (Å²) in [5.74, 6) is 0. The molecule has 1 fully saturated rings. The van der Waals surface area contributed by atoms with E-state index >= 15 is 0 Å². The van der Waals surface area contributed by atoms with Crippen molar-refractivity contribution in [3.63, 3.8) is 0 Å². The highest BCUT2D eigenvalue weighted by molar-refractivity contribution is 4.80. The zero-order valence-corrected chi connectivity index (χ0v) is 11.0. The van der Waals surface area contributed by atoms with Crippen molar-refractivity contribution in [2.75, 3.05) is 40.5 Å². The topological polar surface area (TPSA) is 33.7 Å². The molecule has 1 aliphatic heterocycles. The van der Waals surface area contributed by atoms with Gasteiger partial charge < -0.3 is 19.7 Å². The van der Waals surface area contributed by atoms with Crippen LogP contribution in [0.2, 0.25) is 0 Å². The van der Waals surface area contributed by atoms with E-state index in [0.717, 1.165) is 32.7 Å². The molecular weight excluding hydrogens is 204 g/mol. The van der Waals surface area contributed by atoms with E-state index in [1.54, 1.807) is 7.11 Å². The van der Waals surface area contributed by atoms with Crippen LogP contribution in [-0.2, 0) is 9.47 Å². The lowest BCUT2D eigenvalue weighted by atomic mass is 10.1. The monoisotopic (exact) mass is 230 g/mol. The first kappa shape index (κ1) is 13.9. The fourth-order valence-electron chi connectivity index (χ4n) is 2.05. The molecule has 3 atom stereocenters. The van der Waals surface area contributed by atoms with Crippen LogP contribution in [0, 0.1) is 0 Å². The normalized spacial score (nSPS) is 26.6. The van der Waals surface area contributed by atoms with Crippen molar-refractivity contribution in [3.05, 3.63) is 0 Å². The molecule has 1 N–H and O–H groups in total. The van der Waals surface area contributed by atoms with E-state index in [4.69, 9.17) is 9.47 Å². The molecule has 0 saturated carbocycles. The number of nitrogens with one attached hydrogen (secondary N) is 1. The van der Waals surface area contributed by atoms with Gasteiger partial charge >= 0.3 is 0 Å². The molecule has 0 aromatic heterocycles. The van der Waals surface area contributed by atoms with Gasteiger partial charge in [-0.15, -0.1) is 0 Å². The first-order valence-corrected chi connectivity index (χ1v) is 6.18. The minimum Gasteiger partial charge on any atom is -0.385 e. The van der Waals surface area contributed by atoms with E-state index in [1.807, 2.05) is 0 Å². The summed E-state index contributed by atoms with van der Waals surface area (Å²) in [5.41, 5.74) is 0. The van der Waals surface area contributed by atoms with Crippen molar-refractivity contribution in [3.8, 4) is 0 Å². The molecule has 0 radical (unpaired) electrons. The van der Waals surface area contributed by atoms with Gasteiger partial charge in [0.15, 0.2) is 0 Å². The van der Waals surface area contributed by atoms with Crippen LogP contribution in [-0.4, -0.2) is 63.5 Å². The van der Waals surface area contributed by atoms with E-state index in [-0.39, 0.29) is 0 Å². The maximum absolute atomic E-state index is 5.78. The summed E-state index contributed by atoms with van der Waals surface area (Å²) in [6.45, 7) is 8.12. The molecule has 0 amide bonds. The van der Waals surface area contributed by atoms with Crippen LogP contribution >= 0.6 is 0 Å². The summed E-state index contributed by atoms with van der Waals surface area (Å²) in [4.78, 5) is 2.33. The van der Waals surface area contributed by atoms with Crippen LogP contribution < -0.4 is 5.32 Å². The van der Waals surface area contributed by atoms with Crippen LogP contribution in [0.3, 0.4) is 0 Å². The molecule has 16 heavy (non-hydrogen) atoms. The van der Waals surface area contributed by atoms with E-state index in [9.17, 15) is 0 Å². The summed E-state index contributed by atoms with van der Waals surface area (Å²) in [5, 5.41) is 3.57. The molecule has 0 aliphatic carbocycles. The number of hydrogen-bond donors (Lipinski definition) is 1. The van der Waals surface area contributed by atoms with E-state index in [1.165, 1.54) is 0 Å². The molecule has 0 aromatic carbocycles. The van der Waals surface area contributed by atoms with E-state index in [0.29, 0.717) is 18.2 Å². The van der Waals surface area contributed by atoms with Gasteiger partial charge in [-0.2, -0.15) is 0 Å². The third-order valence-corrected chi connectivity index (χ3v) is 3.16. The predicted octanol–water partition coefficient (Wildman–Crippen LogP) is 0.720. The molecule has 96 valence electrons. The van der Waals surface area contributed by atoms with Gasteiger partial charge in [-0.3, -0.25) is 0 Å². The van der Waals surface area contributed by atoms with Crippen molar-refractivity contribution in [2.24, 2.45) is 0 Å². The van der Waals surface area contributed by atoms with Crippen molar-refractivity contribution in [1.29, 1.82) is 0 Å². The molecule has 1 saturated heterocycles. The quantitative estimate of drug-likeness (QED) is 0.729. The number of ether oxygens (including phenoxy) is 2. The molecule has 0 spiro atoms. The maximum Gasteiger partial charge on any atom is 0.0852 e. The van der Waals surface area contributed by atoms with Crippen molar-refractivity contribution in [2.45, 2.75) is 38.5 Å². The van der Waals surface area contributed by atoms with Crippen LogP contribution in [0.5, 0.6) is 0 Å². The summed E-state index contributed by atoms with van der Waals surface area (Å²) in [6, 6.07) is 0.875. The lowest BCUT2D eigenvalue weighted by Gasteiger charge is -2.35. The highest BCUT2D eigenvalue weighted by Gasteiger charge is 2.24. The second-order valence-corrected chi connectivity index (χ2v) is 4.81. The van der Waals surface area contributed by atoms with Gasteiger partial charge in [-0.1, -0.05) is 0 Å². The van der Waals surface area contributed by atoms with Crippen molar-refractivity contribution >= 4 is 0 Å². The average molecular weight is 230 g/mol. The Morgan fingerprint density at radius 2 is 2.25 bits per heavy atom. The van der Waals surface area contributed by atoms with E-state index in [2.05, 4.69) is 31.1 Å². The molecule has 0 bridgehead atoms. The van der Waals surface area contributed by atoms with Crippen molar-refractivity contribution < 1.29 is 9.47 Å². The maximum atomic E-state index is 5.78. The number of rotatable bonds is 6. The minimum absolute atomic E-state index is 0.309. The Morgan fingerprint density at radius 3 is 2.88 bits per heavy atom. The average Bonchev–Trinajstić information content (AvgIpc) is 2.26. The summed E-state index contributed by atoms with van der Waals surface area (Å²) in [7, 11) is 3.89. The van der Waals surface area contributed by atoms with Gasteiger partial charge in [0.05, 0.1) is 12.7 Å². The number of likely N-dealkylation sites (N-methyl/N-ethyl adjacent to an activating group) is 1. The standard InChI is InChI=1S/C12H26N2O2/c1-10(5-7-15-4)13-11(2)12-9-14(3)6-8-16-12/h10-13H,5-9H2,1-4H3. The lowest BCUT2D eigenvalue weighted by Crippen LogP contribution is -2.51. The summed E-state index contributed by atoms with van der Waals surface area (Å²) < 4.78 is 10.9. The zero-order chi connectivity index (χ0) is 12.0. The van der Waals surface area contributed by atoms with Gasteiger partial charge in [0.2, 0.25) is 0 Å². The van der Waals surface area contributed by atoms with Gasteiger partial charge in [0, 0.05) is 38.9 Å². The van der Waals surface area contributed by atoms with Crippen LogP contribution in [0.4, 0.5) is 0 Å². The lowest BCUT2D eigenvalue weighted by molar-refractivity contribution is -0.0372. The first-order valence-electron chi connectivity index (χ1n) is 6.18. The Hall–Kier alpha value is -0.160. The smallest absolute Gasteiger partial charge is 0.0852 e. The molecule has 1 heterocycles. The fourth-order valence-corrected chi connectivity index (χ4v) is 2.05. The van der Waals surface area contributed by atoms with Crippen LogP contribution in [0.15, 0.2) is 0 Å². The molecule has 1 aliphatic rings. The van der Waals surface area contributed by atoms with Gasteiger partial charge in [-0.25, -0.2) is 0 Å². The molecule has 4 nitrogen and oxygen atoms in total. The summed E-state index contributed by atoms with van der Waals surface area (Å²) >= 11 is 0. The van der Waals surface area contributed by atoms with Gasteiger partial charge in [-0.05, 0) is 27.3 Å². The van der Waals surface area contributed by atoms with Gasteiger partial charge in [0.1, 0.15) is 0 Å². The first-order chi connectivity index (χ1) is 7.63. The minimum atomic E-state index is 0.309. The van der Waals surface area contributed by atoms with Crippen LogP contribution in [0.1, 0.15) is 20.3 Å². The third-order valence-electron chi connectivity index (χ3n) is 3.16. The summed E-state index contributed by atoms with van der Waals surface area (Å²) in [6.07, 6.45) is 1.35. The SMILES string of the molecule is COCCC(C)NC(C)C1CN(C)CCO1. The Kier molecular flexibility index (Phi) is 6.28. The van der Waals surface area contributed by atoms with Crippen LogP contribution in [0.25, 0.3) is 0 Å². The fraction of sp³-hybridized carbons (Fsp3) is 1.00. The molecule has 3 unspecified atom stereocenters. The number of methoxy groups -OCH3 is 1. The Morgan fingerprint density at radius 1 is 1.50 bits per heavy atom. The Bertz CT molecular complexity index is 190. The van der Waals surface area contributed by atoms with E-state index < -0.39 is 0 Å². The molecule has 1 rings (SSSR count). The number of morpholine rings is 1. The zero-order valence-electron chi connectivity index (χ0n) is 11.0. The second-order valence-electron chi connectivity index (χ2n) is 4.81. The largest absolute Gasteiger partial charge is 0.385 e.